The molecule has 2 aromatic carbocycles. The van der Waals surface area contributed by atoms with Crippen molar-refractivity contribution in [3.05, 3.63) is 71.8 Å². The molecule has 27 heavy (non-hydrogen) atoms. The van der Waals surface area contributed by atoms with Crippen LogP contribution in [0, 0.1) is 0 Å². The third-order valence-electron chi connectivity index (χ3n) is 4.50. The second-order valence-corrected chi connectivity index (χ2v) is 7.07. The molecule has 1 atom stereocenters. The lowest BCUT2D eigenvalue weighted by Gasteiger charge is -2.31. The smallest absolute Gasteiger partial charge is 0.242 e. The van der Waals surface area contributed by atoms with Crippen LogP contribution in [0.15, 0.2) is 60.7 Å². The first kappa shape index (κ1) is 20.7. The predicted octanol–water partition coefficient (Wildman–Crippen LogP) is 3.60. The number of carbonyl (C=O) groups is 2. The van der Waals surface area contributed by atoms with Crippen molar-refractivity contribution in [2.75, 3.05) is 6.54 Å². The highest BCUT2D eigenvalue weighted by Crippen LogP contribution is 2.12. The van der Waals surface area contributed by atoms with Gasteiger partial charge < -0.3 is 10.2 Å². The average Bonchev–Trinajstić information content (AvgIpc) is 2.66. The minimum atomic E-state index is -0.452. The molecule has 2 aromatic rings. The van der Waals surface area contributed by atoms with E-state index >= 15 is 0 Å². The Morgan fingerprint density at radius 1 is 0.926 bits per heavy atom. The minimum Gasteiger partial charge on any atom is -0.352 e. The SMILES string of the molecule is CC[C@H](C(=O)NC(C)C)N(CCc1ccccc1)C(=O)Cc1ccccc1. The predicted molar refractivity (Wildman–Crippen MR) is 109 cm³/mol. The van der Waals surface area contributed by atoms with E-state index < -0.39 is 6.04 Å². The number of hydrogen-bond donors (Lipinski definition) is 1. The van der Waals surface area contributed by atoms with Crippen LogP contribution < -0.4 is 5.32 Å². The summed E-state index contributed by atoms with van der Waals surface area (Å²) in [6, 6.07) is 19.4. The van der Waals surface area contributed by atoms with Crippen LogP contribution >= 0.6 is 0 Å². The van der Waals surface area contributed by atoms with Crippen molar-refractivity contribution in [3.63, 3.8) is 0 Å². The third-order valence-corrected chi connectivity index (χ3v) is 4.50. The van der Waals surface area contributed by atoms with Crippen molar-refractivity contribution in [2.24, 2.45) is 0 Å². The molecule has 0 bridgehead atoms. The lowest BCUT2D eigenvalue weighted by Crippen LogP contribution is -2.51. The highest BCUT2D eigenvalue weighted by Gasteiger charge is 2.28. The van der Waals surface area contributed by atoms with E-state index in [2.05, 4.69) is 17.4 Å². The molecule has 144 valence electrons. The molecule has 0 aliphatic carbocycles. The molecule has 0 aliphatic heterocycles. The quantitative estimate of drug-likeness (QED) is 0.737. The molecule has 0 aliphatic rings. The summed E-state index contributed by atoms with van der Waals surface area (Å²) in [6.07, 6.45) is 1.63. The van der Waals surface area contributed by atoms with Gasteiger partial charge in [0.2, 0.25) is 11.8 Å². The van der Waals surface area contributed by atoms with Gasteiger partial charge in [-0.2, -0.15) is 0 Å². The zero-order valence-corrected chi connectivity index (χ0v) is 16.5. The first-order valence-corrected chi connectivity index (χ1v) is 9.69. The van der Waals surface area contributed by atoms with Crippen molar-refractivity contribution < 1.29 is 9.59 Å². The fourth-order valence-corrected chi connectivity index (χ4v) is 3.15. The molecule has 2 amide bonds. The van der Waals surface area contributed by atoms with Crippen molar-refractivity contribution >= 4 is 11.8 Å². The van der Waals surface area contributed by atoms with Gasteiger partial charge in [0.05, 0.1) is 6.42 Å². The number of nitrogens with zero attached hydrogens (tertiary/aromatic N) is 1. The van der Waals surface area contributed by atoms with Crippen molar-refractivity contribution in [2.45, 2.75) is 52.1 Å². The van der Waals surface area contributed by atoms with E-state index in [0.717, 1.165) is 17.5 Å². The van der Waals surface area contributed by atoms with Gasteiger partial charge in [-0.15, -0.1) is 0 Å². The fourth-order valence-electron chi connectivity index (χ4n) is 3.15. The molecule has 1 N–H and O–H groups in total. The molecular formula is C23H30N2O2. The molecule has 0 heterocycles. The molecule has 4 nitrogen and oxygen atoms in total. The van der Waals surface area contributed by atoms with Crippen LogP contribution in [0.5, 0.6) is 0 Å². The molecule has 0 unspecified atom stereocenters. The van der Waals surface area contributed by atoms with Crippen LogP contribution in [-0.4, -0.2) is 35.3 Å². The Balaban J connectivity index is 2.17. The van der Waals surface area contributed by atoms with E-state index in [9.17, 15) is 9.59 Å². The molecule has 0 fully saturated rings. The van der Waals surface area contributed by atoms with Crippen LogP contribution in [0.1, 0.15) is 38.3 Å². The Bertz CT molecular complexity index is 714. The molecule has 0 aromatic heterocycles. The van der Waals surface area contributed by atoms with E-state index in [0.29, 0.717) is 19.4 Å². The van der Waals surface area contributed by atoms with E-state index in [1.165, 1.54) is 0 Å². The Hall–Kier alpha value is -2.62. The number of hydrogen-bond acceptors (Lipinski definition) is 2. The summed E-state index contributed by atoms with van der Waals surface area (Å²) in [5.74, 6) is -0.0927. The summed E-state index contributed by atoms with van der Waals surface area (Å²) in [4.78, 5) is 27.5. The molecule has 0 saturated carbocycles. The molecule has 4 heteroatoms. The van der Waals surface area contributed by atoms with E-state index in [1.807, 2.05) is 69.3 Å². The van der Waals surface area contributed by atoms with Crippen LogP contribution in [0.25, 0.3) is 0 Å². The Morgan fingerprint density at radius 3 is 2.00 bits per heavy atom. The second kappa shape index (κ2) is 10.5. The number of rotatable bonds is 9. The lowest BCUT2D eigenvalue weighted by atomic mass is 10.1. The third kappa shape index (κ3) is 6.55. The van der Waals surface area contributed by atoms with Crippen LogP contribution in [0.2, 0.25) is 0 Å². The molecule has 0 saturated heterocycles. The van der Waals surface area contributed by atoms with Gasteiger partial charge in [-0.3, -0.25) is 9.59 Å². The van der Waals surface area contributed by atoms with E-state index in [1.54, 1.807) is 4.90 Å². The number of carbonyl (C=O) groups excluding carboxylic acids is 2. The summed E-state index contributed by atoms with van der Waals surface area (Å²) < 4.78 is 0. The second-order valence-electron chi connectivity index (χ2n) is 7.07. The zero-order valence-electron chi connectivity index (χ0n) is 16.5. The van der Waals surface area contributed by atoms with E-state index in [4.69, 9.17) is 0 Å². The van der Waals surface area contributed by atoms with Gasteiger partial charge in [0, 0.05) is 12.6 Å². The van der Waals surface area contributed by atoms with Gasteiger partial charge in [-0.05, 0) is 37.8 Å². The topological polar surface area (TPSA) is 49.4 Å². The van der Waals surface area contributed by atoms with Crippen molar-refractivity contribution in [1.82, 2.24) is 10.2 Å². The van der Waals surface area contributed by atoms with Crippen molar-refractivity contribution in [3.8, 4) is 0 Å². The summed E-state index contributed by atoms with van der Waals surface area (Å²) in [5.41, 5.74) is 2.13. The first-order chi connectivity index (χ1) is 13.0. The maximum atomic E-state index is 13.1. The van der Waals surface area contributed by atoms with Crippen LogP contribution in [-0.2, 0) is 22.4 Å². The largest absolute Gasteiger partial charge is 0.352 e. The monoisotopic (exact) mass is 366 g/mol. The maximum absolute atomic E-state index is 13.1. The van der Waals surface area contributed by atoms with Gasteiger partial charge in [0.25, 0.3) is 0 Å². The van der Waals surface area contributed by atoms with Crippen molar-refractivity contribution in [1.29, 1.82) is 0 Å². The molecule has 0 radical (unpaired) electrons. The van der Waals surface area contributed by atoms with E-state index in [-0.39, 0.29) is 17.9 Å². The first-order valence-electron chi connectivity index (χ1n) is 9.69. The number of benzene rings is 2. The molecule has 0 spiro atoms. The van der Waals surface area contributed by atoms with Gasteiger partial charge in [-0.25, -0.2) is 0 Å². The highest BCUT2D eigenvalue weighted by atomic mass is 16.2. The number of nitrogens with one attached hydrogen (secondary N) is 1. The Kier molecular flexibility index (Phi) is 8.05. The summed E-state index contributed by atoms with van der Waals surface area (Å²) in [5, 5.41) is 2.96. The average molecular weight is 367 g/mol. The highest BCUT2D eigenvalue weighted by molar-refractivity contribution is 5.88. The minimum absolute atomic E-state index is 0.0112. The standard InChI is InChI=1S/C23H30N2O2/c1-4-21(23(27)24-18(2)3)25(16-15-19-11-7-5-8-12-19)22(26)17-20-13-9-6-10-14-20/h5-14,18,21H,4,15-17H2,1-3H3,(H,24,27)/t21-/m1/s1. The van der Waals surface area contributed by atoms with Crippen LogP contribution in [0.3, 0.4) is 0 Å². The fraction of sp³-hybridized carbons (Fsp3) is 0.391. The lowest BCUT2D eigenvalue weighted by molar-refractivity contribution is -0.140. The van der Waals surface area contributed by atoms with Gasteiger partial charge in [0.1, 0.15) is 6.04 Å². The van der Waals surface area contributed by atoms with Crippen LogP contribution in [0.4, 0.5) is 0 Å². The summed E-state index contributed by atoms with van der Waals surface area (Å²) >= 11 is 0. The molecular weight excluding hydrogens is 336 g/mol. The Morgan fingerprint density at radius 2 is 1.48 bits per heavy atom. The van der Waals surface area contributed by atoms with Gasteiger partial charge >= 0.3 is 0 Å². The van der Waals surface area contributed by atoms with Gasteiger partial charge in [0.15, 0.2) is 0 Å². The van der Waals surface area contributed by atoms with Gasteiger partial charge in [-0.1, -0.05) is 67.6 Å². The maximum Gasteiger partial charge on any atom is 0.242 e. The number of amides is 2. The normalized spacial score (nSPS) is 11.9. The molecule has 2 rings (SSSR count). The summed E-state index contributed by atoms with van der Waals surface area (Å²) in [6.45, 7) is 6.35. The zero-order chi connectivity index (χ0) is 19.6. The summed E-state index contributed by atoms with van der Waals surface area (Å²) in [7, 11) is 0. The Labute approximate surface area is 162 Å².